The van der Waals surface area contributed by atoms with Crippen molar-refractivity contribution < 1.29 is 18.6 Å². The second kappa shape index (κ2) is 8.13. The van der Waals surface area contributed by atoms with Crippen molar-refractivity contribution >= 4 is 37.9 Å². The summed E-state index contributed by atoms with van der Waals surface area (Å²) in [6.07, 6.45) is 3.82. The first kappa shape index (κ1) is 22.7. The molecule has 0 spiro atoms. The van der Waals surface area contributed by atoms with E-state index in [-0.39, 0.29) is 22.1 Å². The van der Waals surface area contributed by atoms with E-state index in [1.807, 2.05) is 17.5 Å². The van der Waals surface area contributed by atoms with Crippen LogP contribution in [0.25, 0.3) is 16.2 Å². The molecule has 4 rings (SSSR count). The quantitative estimate of drug-likeness (QED) is 0.511. The van der Waals surface area contributed by atoms with Crippen molar-refractivity contribution in [1.82, 2.24) is 14.1 Å². The SMILES string of the molecule is Cc1nc2sc(C(C)(C)O)cn2c1-c1ccc(Cl)c(S(=O)(=O)N[C@H]2CC[C@@H](O)CC2)c1. The molecular formula is C21H26ClN3O4S2. The van der Waals surface area contributed by atoms with Gasteiger partial charge in [-0.1, -0.05) is 29.0 Å². The molecule has 0 unspecified atom stereocenters. The fourth-order valence-corrected chi connectivity index (χ4v) is 6.78. The fraction of sp³-hybridized carbons (Fsp3) is 0.476. The molecule has 0 amide bonds. The molecule has 1 saturated carbocycles. The minimum absolute atomic E-state index is 0.0186. The van der Waals surface area contributed by atoms with E-state index in [0.29, 0.717) is 31.2 Å². The number of hydrogen-bond donors (Lipinski definition) is 3. The van der Waals surface area contributed by atoms with Crippen molar-refractivity contribution in [2.45, 2.75) is 69.1 Å². The summed E-state index contributed by atoms with van der Waals surface area (Å²) in [5.74, 6) is 0. The van der Waals surface area contributed by atoms with E-state index >= 15 is 0 Å². The number of nitrogens with zero attached hydrogens (tertiary/aromatic N) is 2. The van der Waals surface area contributed by atoms with Gasteiger partial charge in [0.1, 0.15) is 4.90 Å². The predicted octanol–water partition coefficient (Wildman–Crippen LogP) is 3.83. The Morgan fingerprint density at radius 2 is 1.94 bits per heavy atom. The number of aliphatic hydroxyl groups is 2. The number of aromatic nitrogens is 2. The number of rotatable bonds is 5. The van der Waals surface area contributed by atoms with Crippen LogP contribution in [0.1, 0.15) is 50.1 Å². The van der Waals surface area contributed by atoms with Crippen molar-refractivity contribution in [1.29, 1.82) is 0 Å². The van der Waals surface area contributed by atoms with Crippen molar-refractivity contribution in [2.75, 3.05) is 0 Å². The molecule has 0 atom stereocenters. The zero-order chi connectivity index (χ0) is 22.6. The molecule has 0 aliphatic heterocycles. The first-order valence-electron chi connectivity index (χ1n) is 10.2. The Hall–Kier alpha value is -1.49. The van der Waals surface area contributed by atoms with Gasteiger partial charge in [0.15, 0.2) is 4.96 Å². The third-order valence-corrected chi connectivity index (χ3v) is 8.91. The number of thiazole rings is 1. The molecule has 10 heteroatoms. The first-order valence-corrected chi connectivity index (χ1v) is 12.8. The summed E-state index contributed by atoms with van der Waals surface area (Å²) in [7, 11) is -3.84. The summed E-state index contributed by atoms with van der Waals surface area (Å²) < 4.78 is 30.8. The van der Waals surface area contributed by atoms with E-state index in [4.69, 9.17) is 11.6 Å². The lowest BCUT2D eigenvalue weighted by atomic mass is 9.94. The van der Waals surface area contributed by atoms with Gasteiger partial charge in [-0.2, -0.15) is 0 Å². The summed E-state index contributed by atoms with van der Waals surface area (Å²) in [5, 5.41) is 20.2. The van der Waals surface area contributed by atoms with Gasteiger partial charge in [-0.15, -0.1) is 0 Å². The number of hydrogen-bond acceptors (Lipinski definition) is 6. The average molecular weight is 484 g/mol. The van der Waals surface area contributed by atoms with E-state index in [2.05, 4.69) is 9.71 Å². The van der Waals surface area contributed by atoms with Crippen LogP contribution in [0, 0.1) is 6.92 Å². The van der Waals surface area contributed by atoms with Gasteiger partial charge in [0.05, 0.1) is 33.0 Å². The van der Waals surface area contributed by atoms with Crippen LogP contribution < -0.4 is 4.72 Å². The molecule has 1 aliphatic carbocycles. The molecule has 168 valence electrons. The van der Waals surface area contributed by atoms with Crippen molar-refractivity contribution in [3.63, 3.8) is 0 Å². The van der Waals surface area contributed by atoms with Crippen LogP contribution >= 0.6 is 22.9 Å². The van der Waals surface area contributed by atoms with Gasteiger partial charge >= 0.3 is 0 Å². The lowest BCUT2D eigenvalue weighted by Crippen LogP contribution is -2.38. The molecular weight excluding hydrogens is 458 g/mol. The van der Waals surface area contributed by atoms with Gasteiger partial charge in [0, 0.05) is 17.8 Å². The van der Waals surface area contributed by atoms with Gasteiger partial charge in [0.2, 0.25) is 10.0 Å². The minimum Gasteiger partial charge on any atom is -0.393 e. The van der Waals surface area contributed by atoms with Gasteiger partial charge < -0.3 is 10.2 Å². The van der Waals surface area contributed by atoms with Crippen LogP contribution in [0.15, 0.2) is 29.3 Å². The summed E-state index contributed by atoms with van der Waals surface area (Å²) in [6, 6.07) is 4.71. The molecule has 0 bridgehead atoms. The molecule has 3 N–H and O–H groups in total. The normalized spacial score (nSPS) is 20.5. The minimum atomic E-state index is -3.84. The van der Waals surface area contributed by atoms with E-state index in [1.54, 1.807) is 32.0 Å². The van der Waals surface area contributed by atoms with Crippen molar-refractivity contribution in [3.8, 4) is 11.3 Å². The van der Waals surface area contributed by atoms with Crippen LogP contribution in [0.2, 0.25) is 5.02 Å². The summed E-state index contributed by atoms with van der Waals surface area (Å²) in [6.45, 7) is 5.30. The van der Waals surface area contributed by atoms with Crippen LogP contribution in [0.4, 0.5) is 0 Å². The maximum Gasteiger partial charge on any atom is 0.242 e. The lowest BCUT2D eigenvalue weighted by Gasteiger charge is -2.26. The number of nitrogens with one attached hydrogen (secondary N) is 1. The van der Waals surface area contributed by atoms with Gasteiger partial charge in [-0.3, -0.25) is 4.40 Å². The molecule has 7 nitrogen and oxygen atoms in total. The third kappa shape index (κ3) is 4.53. The number of benzene rings is 1. The molecule has 3 aromatic rings. The van der Waals surface area contributed by atoms with E-state index in [9.17, 15) is 18.6 Å². The molecule has 1 aromatic carbocycles. The smallest absolute Gasteiger partial charge is 0.242 e. The summed E-state index contributed by atoms with van der Waals surface area (Å²) in [5.41, 5.74) is 1.20. The predicted molar refractivity (Wildman–Crippen MR) is 122 cm³/mol. The Kier molecular flexibility index (Phi) is 5.95. The van der Waals surface area contributed by atoms with E-state index in [0.717, 1.165) is 21.2 Å². The molecule has 2 aromatic heterocycles. The highest BCUT2D eigenvalue weighted by Crippen LogP contribution is 2.35. The van der Waals surface area contributed by atoms with Crippen LogP contribution in [0.3, 0.4) is 0 Å². The number of sulfonamides is 1. The largest absolute Gasteiger partial charge is 0.393 e. The molecule has 1 aliphatic rings. The third-order valence-electron chi connectivity index (χ3n) is 5.62. The fourth-order valence-electron chi connectivity index (χ4n) is 3.92. The highest BCUT2D eigenvalue weighted by Gasteiger charge is 2.28. The zero-order valence-corrected chi connectivity index (χ0v) is 20.0. The average Bonchev–Trinajstić information content (AvgIpc) is 3.21. The number of imidazole rings is 1. The molecule has 1 fully saturated rings. The maximum atomic E-state index is 13.1. The van der Waals surface area contributed by atoms with E-state index in [1.165, 1.54) is 11.3 Å². The maximum absolute atomic E-state index is 13.1. The Bertz CT molecular complexity index is 1220. The van der Waals surface area contributed by atoms with Gasteiger partial charge in [0.25, 0.3) is 0 Å². The second-order valence-corrected chi connectivity index (χ2v) is 11.7. The second-order valence-electron chi connectivity index (χ2n) is 8.62. The summed E-state index contributed by atoms with van der Waals surface area (Å²) >= 11 is 7.69. The number of aliphatic hydroxyl groups excluding tert-OH is 1. The van der Waals surface area contributed by atoms with Gasteiger partial charge in [-0.05, 0) is 58.6 Å². The van der Waals surface area contributed by atoms with Crippen molar-refractivity contribution in [2.24, 2.45) is 0 Å². The molecule has 2 heterocycles. The molecule has 0 saturated heterocycles. The lowest BCUT2D eigenvalue weighted by molar-refractivity contribution is 0.0822. The monoisotopic (exact) mass is 483 g/mol. The van der Waals surface area contributed by atoms with Gasteiger partial charge in [-0.25, -0.2) is 18.1 Å². The molecule has 31 heavy (non-hydrogen) atoms. The molecule has 0 radical (unpaired) electrons. The number of aryl methyl sites for hydroxylation is 1. The van der Waals surface area contributed by atoms with Crippen LogP contribution in [-0.2, 0) is 15.6 Å². The van der Waals surface area contributed by atoms with E-state index < -0.39 is 15.6 Å². The Labute approximate surface area is 190 Å². The Morgan fingerprint density at radius 1 is 1.26 bits per heavy atom. The first-order chi connectivity index (χ1) is 14.5. The highest BCUT2D eigenvalue weighted by atomic mass is 35.5. The standard InChI is InChI=1S/C21H26ClN3O4S2/c1-12-19(25-11-18(21(2,3)27)30-20(25)23-12)13-4-9-16(22)17(10-13)31(28,29)24-14-5-7-15(26)8-6-14/h4,9-11,14-15,24,26-27H,5-8H2,1-3H3/t14-,15+. The summed E-state index contributed by atoms with van der Waals surface area (Å²) in [4.78, 5) is 6.09. The van der Waals surface area contributed by atoms with Crippen molar-refractivity contribution in [3.05, 3.63) is 40.0 Å². The Morgan fingerprint density at radius 3 is 2.58 bits per heavy atom. The highest BCUT2D eigenvalue weighted by molar-refractivity contribution is 7.89. The zero-order valence-electron chi connectivity index (χ0n) is 17.6. The topological polar surface area (TPSA) is 104 Å². The van der Waals surface area contributed by atoms with Crippen LogP contribution in [0.5, 0.6) is 0 Å². The Balaban J connectivity index is 1.73. The van der Waals surface area contributed by atoms with Crippen LogP contribution in [-0.4, -0.2) is 40.2 Å². The number of fused-ring (bicyclic) bond motifs is 1. The number of halogens is 1.